The van der Waals surface area contributed by atoms with Gasteiger partial charge in [-0.15, -0.1) is 45.3 Å². The van der Waals surface area contributed by atoms with Crippen LogP contribution in [-0.2, 0) is 0 Å². The fourth-order valence-electron chi connectivity index (χ4n) is 7.57. The van der Waals surface area contributed by atoms with E-state index >= 15 is 17.6 Å². The van der Waals surface area contributed by atoms with E-state index in [0.717, 1.165) is 45.3 Å². The first-order valence-corrected chi connectivity index (χ1v) is 21.3. The molecule has 0 bridgehead atoms. The lowest BCUT2D eigenvalue weighted by atomic mass is 9.94. The van der Waals surface area contributed by atoms with Crippen LogP contribution in [-0.4, -0.2) is 35.5 Å². The van der Waals surface area contributed by atoms with Crippen molar-refractivity contribution in [1.29, 1.82) is 0 Å². The first-order valence-electron chi connectivity index (χ1n) is 18.0. The predicted octanol–water partition coefficient (Wildman–Crippen LogP) is 16.5. The zero-order valence-electron chi connectivity index (χ0n) is 32.3. The normalized spacial score (nSPS) is 19.5. The van der Waals surface area contributed by atoms with Crippen molar-refractivity contribution in [3.63, 3.8) is 0 Å². The molecule has 2 aliphatic rings. The fraction of sp³-hybridized carbons (Fsp3) is 0.273. The second-order valence-electron chi connectivity index (χ2n) is 14.5. The van der Waals surface area contributed by atoms with Gasteiger partial charge in [-0.05, 0) is 99.2 Å². The summed E-state index contributed by atoms with van der Waals surface area (Å²) >= 11 is 4.43. The number of benzene rings is 2. The highest BCUT2D eigenvalue weighted by Crippen LogP contribution is 2.67. The fourth-order valence-corrected chi connectivity index (χ4v) is 11.5. The molecule has 8 rings (SSSR count). The molecule has 0 radical (unpaired) electrons. The van der Waals surface area contributed by atoms with Gasteiger partial charge in [0.25, 0.3) is 0 Å². The van der Waals surface area contributed by atoms with E-state index in [1.807, 2.05) is 0 Å². The van der Waals surface area contributed by atoms with Gasteiger partial charge in [0.1, 0.15) is 0 Å². The van der Waals surface area contributed by atoms with Crippen LogP contribution in [0.3, 0.4) is 0 Å². The molecule has 60 heavy (non-hydrogen) atoms. The Morgan fingerprint density at radius 3 is 0.833 bits per heavy atom. The molecule has 0 saturated heterocycles. The number of hydrogen-bond donors (Lipinski definition) is 0. The molecule has 316 valence electrons. The van der Waals surface area contributed by atoms with E-state index in [4.69, 9.17) is 0 Å². The maximum Gasteiger partial charge on any atom is 0.380 e. The highest BCUT2D eigenvalue weighted by Gasteiger charge is 2.81. The molecule has 0 spiro atoms. The Hall–Kier alpha value is -4.12. The lowest BCUT2D eigenvalue weighted by Crippen LogP contribution is -2.48. The lowest BCUT2D eigenvalue weighted by Gasteiger charge is -2.25. The standard InChI is InChI=1S/C27H18F6S2.C17H14F6S2/c1-15-19(13-21(34-15)17-9-5-3-6-10-17)23-24(26(30,31)27(32,33)25(23,28)29)20-14-22(35-16(20)2)18-11-7-4-8-12-18;1-7-5-11(9(3)24-7)13-14(12-6-8(2)25-10(12)4)16(20,21)17(22,23)15(13,18)19/h3-14H,1-2H3;5-6H,1-4H3. The van der Waals surface area contributed by atoms with E-state index in [9.17, 15) is 35.1 Å². The number of aryl methyl sites for hydroxylation is 6. The van der Waals surface area contributed by atoms with E-state index in [2.05, 4.69) is 0 Å². The number of halogens is 12. The van der Waals surface area contributed by atoms with Crippen LogP contribution in [0.25, 0.3) is 43.2 Å². The van der Waals surface area contributed by atoms with Crippen LogP contribution in [0, 0.1) is 41.5 Å². The minimum atomic E-state index is -5.58. The third-order valence-corrected chi connectivity index (χ3v) is 14.6. The van der Waals surface area contributed by atoms with Gasteiger partial charge in [0.05, 0.1) is 0 Å². The smallest absolute Gasteiger partial charge is 0.194 e. The van der Waals surface area contributed by atoms with E-state index < -0.39 is 57.8 Å². The number of rotatable bonds is 6. The van der Waals surface area contributed by atoms with Crippen molar-refractivity contribution in [2.75, 3.05) is 0 Å². The summed E-state index contributed by atoms with van der Waals surface area (Å²) in [4.78, 5) is 3.39. The van der Waals surface area contributed by atoms with Crippen LogP contribution < -0.4 is 0 Å². The summed E-state index contributed by atoms with van der Waals surface area (Å²) in [5.74, 6) is -31.1. The van der Waals surface area contributed by atoms with E-state index in [1.165, 1.54) is 52.0 Å². The molecule has 0 saturated carbocycles. The minimum Gasteiger partial charge on any atom is -0.194 e. The number of allylic oxidation sites excluding steroid dienone is 4. The molecule has 4 heterocycles. The van der Waals surface area contributed by atoms with Gasteiger partial charge in [-0.25, -0.2) is 0 Å². The van der Waals surface area contributed by atoms with Crippen molar-refractivity contribution in [1.82, 2.24) is 0 Å². The summed E-state index contributed by atoms with van der Waals surface area (Å²) in [6.07, 6.45) is 0. The lowest BCUT2D eigenvalue weighted by molar-refractivity contribution is -0.254. The molecule has 6 aromatic rings. The van der Waals surface area contributed by atoms with Crippen LogP contribution in [0.4, 0.5) is 52.7 Å². The highest BCUT2D eigenvalue weighted by atomic mass is 32.1. The molecule has 0 nitrogen and oxygen atoms in total. The molecule has 0 N–H and O–H groups in total. The first kappa shape index (κ1) is 44.0. The van der Waals surface area contributed by atoms with Crippen LogP contribution in [0.2, 0.25) is 0 Å². The van der Waals surface area contributed by atoms with Gasteiger partial charge in [-0.2, -0.15) is 52.7 Å². The summed E-state index contributed by atoms with van der Waals surface area (Å²) in [7, 11) is 0. The molecule has 16 heteroatoms. The molecule has 0 aliphatic heterocycles. The largest absolute Gasteiger partial charge is 0.380 e. The number of thiophene rings is 4. The SMILES string of the molecule is Cc1cc(C2=C(c3cc(C)sc3C)C(F)(F)C(F)(F)C2(F)F)c(C)s1.Cc1sc(-c2ccccc2)cc1C1=C(c2cc(-c3ccccc3)sc2C)C(F)(F)C(F)(F)C1(F)F. The topological polar surface area (TPSA) is 0 Å². The second-order valence-corrected chi connectivity index (χ2v) is 19.9. The second kappa shape index (κ2) is 14.8. The third kappa shape index (κ3) is 6.53. The monoisotopic (exact) mass is 916 g/mol. The van der Waals surface area contributed by atoms with Gasteiger partial charge in [0, 0.05) is 61.3 Å². The van der Waals surface area contributed by atoms with Crippen molar-refractivity contribution in [2.45, 2.75) is 77.1 Å². The molecular weight excluding hydrogens is 885 g/mol. The van der Waals surface area contributed by atoms with Crippen molar-refractivity contribution in [2.24, 2.45) is 0 Å². The quantitative estimate of drug-likeness (QED) is 0.146. The highest BCUT2D eigenvalue weighted by molar-refractivity contribution is 7.16. The zero-order chi connectivity index (χ0) is 44.1. The van der Waals surface area contributed by atoms with Crippen molar-refractivity contribution in [3.05, 3.63) is 136 Å². The Balaban J connectivity index is 0.000000192. The Kier molecular flexibility index (Phi) is 10.8. The molecule has 0 amide bonds. The molecule has 2 aliphatic carbocycles. The van der Waals surface area contributed by atoms with Crippen LogP contribution in [0.5, 0.6) is 0 Å². The molecule has 2 aromatic carbocycles. The molecular formula is C44H32F12S4. The van der Waals surface area contributed by atoms with Crippen molar-refractivity contribution >= 4 is 67.6 Å². The Morgan fingerprint density at radius 2 is 0.583 bits per heavy atom. The van der Waals surface area contributed by atoms with E-state index in [1.54, 1.807) is 74.5 Å². The van der Waals surface area contributed by atoms with E-state index in [0.29, 0.717) is 40.4 Å². The Bertz CT molecular complexity index is 2490. The van der Waals surface area contributed by atoms with Crippen LogP contribution in [0.15, 0.2) is 84.9 Å². The average molecular weight is 917 g/mol. The van der Waals surface area contributed by atoms with Gasteiger partial charge in [-0.1, -0.05) is 60.7 Å². The summed E-state index contributed by atoms with van der Waals surface area (Å²) in [5.41, 5.74) is -4.78. The van der Waals surface area contributed by atoms with Gasteiger partial charge in [-0.3, -0.25) is 0 Å². The van der Waals surface area contributed by atoms with Gasteiger partial charge < -0.3 is 0 Å². The van der Waals surface area contributed by atoms with Gasteiger partial charge in [0.2, 0.25) is 0 Å². The number of hydrogen-bond acceptors (Lipinski definition) is 4. The Morgan fingerprint density at radius 1 is 0.333 bits per heavy atom. The van der Waals surface area contributed by atoms with Crippen molar-refractivity contribution < 1.29 is 52.7 Å². The molecule has 0 unspecified atom stereocenters. The van der Waals surface area contributed by atoms with Crippen LogP contribution >= 0.6 is 45.3 Å². The molecule has 0 atom stereocenters. The minimum absolute atomic E-state index is 0.234. The molecule has 4 aromatic heterocycles. The first-order chi connectivity index (χ1) is 27.8. The van der Waals surface area contributed by atoms with Crippen molar-refractivity contribution in [3.8, 4) is 20.9 Å². The van der Waals surface area contributed by atoms with E-state index in [-0.39, 0.29) is 32.0 Å². The summed E-state index contributed by atoms with van der Waals surface area (Å²) in [6, 6.07) is 22.7. The number of alkyl halides is 12. The average Bonchev–Trinajstić information content (AvgIpc) is 3.96. The molecule has 0 fully saturated rings. The van der Waals surface area contributed by atoms with Gasteiger partial charge in [0.15, 0.2) is 0 Å². The third-order valence-electron chi connectivity index (χ3n) is 10.4. The maximum absolute atomic E-state index is 15.3. The predicted molar refractivity (Wildman–Crippen MR) is 220 cm³/mol. The van der Waals surface area contributed by atoms with Gasteiger partial charge >= 0.3 is 35.5 Å². The maximum atomic E-state index is 15.3. The zero-order valence-corrected chi connectivity index (χ0v) is 35.5. The Labute approximate surface area is 353 Å². The van der Waals surface area contributed by atoms with Crippen LogP contribution in [0.1, 0.15) is 51.5 Å². The summed E-state index contributed by atoms with van der Waals surface area (Å²) in [5, 5.41) is 0. The summed E-state index contributed by atoms with van der Waals surface area (Å²) in [6.45, 7) is 9.13. The summed E-state index contributed by atoms with van der Waals surface area (Å²) < 4.78 is 177.